The quantitative estimate of drug-likeness (QED) is 0.0150. The number of aliphatic hydroxyl groups is 5. The van der Waals surface area contributed by atoms with Crippen molar-refractivity contribution in [3.8, 4) is 0 Å². The van der Waals surface area contributed by atoms with Crippen molar-refractivity contribution in [2.45, 2.75) is 172 Å². The summed E-state index contributed by atoms with van der Waals surface area (Å²) in [4.78, 5) is 23.2. The summed E-state index contributed by atoms with van der Waals surface area (Å²) in [6.07, 6.45) is 45.5. The predicted molar refractivity (Wildman–Crippen MR) is 257 cm³/mol. The fourth-order valence-electron chi connectivity index (χ4n) is 6.17. The highest BCUT2D eigenvalue weighted by Crippen LogP contribution is 2.47. The van der Waals surface area contributed by atoms with Crippen LogP contribution in [0.2, 0.25) is 0 Å². The summed E-state index contributed by atoms with van der Waals surface area (Å²) in [6, 6.07) is 0. The maximum atomic E-state index is 12.8. The molecule has 6 N–H and O–H groups in total. The molecule has 6 atom stereocenters. The van der Waals surface area contributed by atoms with Crippen LogP contribution in [0.5, 0.6) is 0 Å². The number of carbonyl (C=O) groups excluding carboxylic acids is 1. The topological polar surface area (TPSA) is 192 Å². The molecule has 0 spiro atoms. The lowest BCUT2D eigenvalue weighted by Gasteiger charge is -2.41. The molecule has 1 rings (SSSR count). The van der Waals surface area contributed by atoms with Crippen LogP contribution >= 0.6 is 7.82 Å². The fourth-order valence-corrected chi connectivity index (χ4v) is 7.14. The summed E-state index contributed by atoms with van der Waals surface area (Å²) in [5, 5.41) is 50.2. The first-order valence-electron chi connectivity index (χ1n) is 23.4. The SMILES string of the molecule is CC/C=C\C/C=C\C/C=C\C/C=C\C/C=C\C/C=C\CCCCC(=O)OC(COCCCCC/C=C\C/C=C\C/C=C\C/C=C\CC)COP(=O)(O)OC1C(O)C(O)C(O)C(O)C1O. The minimum Gasteiger partial charge on any atom is -0.457 e. The van der Waals surface area contributed by atoms with E-state index in [0.29, 0.717) is 13.0 Å². The van der Waals surface area contributed by atoms with Gasteiger partial charge in [0.2, 0.25) is 0 Å². The van der Waals surface area contributed by atoms with Crippen LogP contribution in [0.1, 0.15) is 129 Å². The molecule has 12 nitrogen and oxygen atoms in total. The Bertz CT molecular complexity index is 1510. The summed E-state index contributed by atoms with van der Waals surface area (Å²) in [5.74, 6) is -0.537. The Kier molecular flexibility index (Phi) is 36.8. The molecular weight excluding hydrogens is 836 g/mol. The molecule has 6 unspecified atom stereocenters. The second-order valence-corrected chi connectivity index (χ2v) is 16.9. The summed E-state index contributed by atoms with van der Waals surface area (Å²) in [6.45, 7) is 3.88. The van der Waals surface area contributed by atoms with Gasteiger partial charge in [-0.2, -0.15) is 0 Å². The van der Waals surface area contributed by atoms with Crippen molar-refractivity contribution in [3.63, 3.8) is 0 Å². The van der Waals surface area contributed by atoms with E-state index in [0.717, 1.165) is 103 Å². The molecular formula is C51H81O12P. The fraction of sp³-hybridized carbons (Fsp3) is 0.588. The molecule has 0 aliphatic heterocycles. The Hall–Kier alpha value is -3.26. The van der Waals surface area contributed by atoms with Crippen LogP contribution in [-0.4, -0.2) is 98.9 Å². The van der Waals surface area contributed by atoms with E-state index in [2.05, 4.69) is 135 Å². The third-order valence-electron chi connectivity index (χ3n) is 9.83. The number of rotatable bonds is 37. The highest BCUT2D eigenvalue weighted by molar-refractivity contribution is 7.47. The van der Waals surface area contributed by atoms with E-state index in [4.69, 9.17) is 18.5 Å². The number of aliphatic hydroxyl groups excluding tert-OH is 5. The van der Waals surface area contributed by atoms with Gasteiger partial charge in [-0.25, -0.2) is 4.57 Å². The number of phosphoric ester groups is 1. The number of unbranched alkanes of at least 4 members (excludes halogenated alkanes) is 5. The molecule has 0 bridgehead atoms. The van der Waals surface area contributed by atoms with E-state index < -0.39 is 63.1 Å². The molecule has 0 aromatic rings. The van der Waals surface area contributed by atoms with Crippen LogP contribution < -0.4 is 0 Å². The maximum Gasteiger partial charge on any atom is 0.472 e. The lowest BCUT2D eigenvalue weighted by Crippen LogP contribution is -2.64. The first-order valence-corrected chi connectivity index (χ1v) is 24.9. The van der Waals surface area contributed by atoms with Gasteiger partial charge in [-0.3, -0.25) is 13.8 Å². The molecule has 362 valence electrons. The third kappa shape index (κ3) is 31.6. The van der Waals surface area contributed by atoms with Gasteiger partial charge in [-0.15, -0.1) is 0 Å². The molecule has 0 saturated heterocycles. The van der Waals surface area contributed by atoms with Gasteiger partial charge in [0, 0.05) is 13.0 Å². The van der Waals surface area contributed by atoms with Gasteiger partial charge in [0.15, 0.2) is 0 Å². The Morgan fingerprint density at radius 1 is 0.500 bits per heavy atom. The predicted octanol–water partition coefficient (Wildman–Crippen LogP) is 9.86. The summed E-state index contributed by atoms with van der Waals surface area (Å²) in [7, 11) is -5.05. The number of phosphoric acid groups is 1. The smallest absolute Gasteiger partial charge is 0.457 e. The van der Waals surface area contributed by atoms with Crippen molar-refractivity contribution < 1.29 is 58.3 Å². The Morgan fingerprint density at radius 2 is 0.875 bits per heavy atom. The highest BCUT2D eigenvalue weighted by atomic mass is 31.2. The first kappa shape index (κ1) is 58.8. The monoisotopic (exact) mass is 917 g/mol. The van der Waals surface area contributed by atoms with Crippen molar-refractivity contribution in [1.82, 2.24) is 0 Å². The largest absolute Gasteiger partial charge is 0.472 e. The lowest BCUT2D eigenvalue weighted by molar-refractivity contribution is -0.220. The molecule has 1 saturated carbocycles. The van der Waals surface area contributed by atoms with E-state index in [1.807, 2.05) is 0 Å². The average Bonchev–Trinajstić information content (AvgIpc) is 3.28. The van der Waals surface area contributed by atoms with Gasteiger partial charge < -0.3 is 39.9 Å². The molecule has 1 aliphatic carbocycles. The first-order chi connectivity index (χ1) is 31.0. The number of carbonyl (C=O) groups is 1. The number of hydrogen-bond donors (Lipinski definition) is 6. The molecule has 1 fully saturated rings. The van der Waals surface area contributed by atoms with E-state index in [9.17, 15) is 39.8 Å². The number of hydrogen-bond acceptors (Lipinski definition) is 11. The van der Waals surface area contributed by atoms with Crippen LogP contribution in [0, 0.1) is 0 Å². The Labute approximate surface area is 384 Å². The van der Waals surface area contributed by atoms with Crippen LogP contribution in [0.25, 0.3) is 0 Å². The summed E-state index contributed by atoms with van der Waals surface area (Å²) in [5.41, 5.74) is 0. The van der Waals surface area contributed by atoms with Crippen molar-refractivity contribution in [2.24, 2.45) is 0 Å². The maximum absolute atomic E-state index is 12.8. The minimum absolute atomic E-state index is 0.113. The molecule has 0 heterocycles. The van der Waals surface area contributed by atoms with Crippen LogP contribution in [0.15, 0.2) is 122 Å². The normalized spacial score (nSPS) is 22.8. The summed E-state index contributed by atoms with van der Waals surface area (Å²) < 4.78 is 34.1. The highest BCUT2D eigenvalue weighted by Gasteiger charge is 2.51. The molecule has 64 heavy (non-hydrogen) atoms. The van der Waals surface area contributed by atoms with Crippen LogP contribution in [0.3, 0.4) is 0 Å². The second kappa shape index (κ2) is 40.1. The van der Waals surface area contributed by atoms with Crippen molar-refractivity contribution in [3.05, 3.63) is 122 Å². The van der Waals surface area contributed by atoms with Gasteiger partial charge in [0.05, 0.1) is 13.2 Å². The lowest BCUT2D eigenvalue weighted by atomic mass is 9.85. The zero-order valence-electron chi connectivity index (χ0n) is 38.5. The van der Waals surface area contributed by atoms with Crippen LogP contribution in [-0.2, 0) is 27.9 Å². The van der Waals surface area contributed by atoms with E-state index in [-0.39, 0.29) is 13.0 Å². The van der Waals surface area contributed by atoms with Gasteiger partial charge in [0.25, 0.3) is 0 Å². The number of ether oxygens (including phenoxy) is 2. The summed E-state index contributed by atoms with van der Waals surface area (Å²) >= 11 is 0. The second-order valence-electron chi connectivity index (χ2n) is 15.5. The zero-order valence-corrected chi connectivity index (χ0v) is 39.4. The molecule has 13 heteroatoms. The Balaban J connectivity index is 2.47. The molecule has 1 aliphatic rings. The van der Waals surface area contributed by atoms with Crippen molar-refractivity contribution in [2.75, 3.05) is 19.8 Å². The van der Waals surface area contributed by atoms with E-state index >= 15 is 0 Å². The molecule has 0 aromatic heterocycles. The van der Waals surface area contributed by atoms with Gasteiger partial charge in [-0.1, -0.05) is 142 Å². The Morgan fingerprint density at radius 3 is 1.30 bits per heavy atom. The molecule has 0 amide bonds. The number of esters is 1. The van der Waals surface area contributed by atoms with Gasteiger partial charge in [0.1, 0.15) is 42.7 Å². The van der Waals surface area contributed by atoms with Gasteiger partial charge in [-0.05, 0) is 103 Å². The van der Waals surface area contributed by atoms with E-state index in [1.165, 1.54) is 0 Å². The average molecular weight is 917 g/mol. The van der Waals surface area contributed by atoms with E-state index in [1.54, 1.807) is 0 Å². The van der Waals surface area contributed by atoms with Gasteiger partial charge >= 0.3 is 13.8 Å². The van der Waals surface area contributed by atoms with Crippen molar-refractivity contribution in [1.29, 1.82) is 0 Å². The number of allylic oxidation sites excluding steroid dienone is 20. The van der Waals surface area contributed by atoms with Crippen LogP contribution in [0.4, 0.5) is 0 Å². The standard InChI is InChI=1S/C51H81O12P/c1-3-5-7-9-11-13-15-17-19-21-22-23-24-25-26-28-30-32-34-36-38-40-45(52)62-44(43-61-64(58,59)63-51-49(56)47(54)46(53)48(55)50(51)57)42-60-41-39-37-35-33-31-29-27-20-18-16-14-12-10-8-6-4-2/h5-8,11-14,17-20,22-23,25-26,29-32,44,46-51,53-57H,3-4,9-10,15-16,21,24,27-28,33-43H2,1-2H3,(H,58,59)/b7-5-,8-6-,13-11-,14-12-,19-17-,20-18-,23-22-,26-25-,31-29-,32-30-. The zero-order chi connectivity index (χ0) is 46.9. The third-order valence-corrected chi connectivity index (χ3v) is 10.8. The molecule has 0 radical (unpaired) electrons. The minimum atomic E-state index is -5.05. The van der Waals surface area contributed by atoms with Crippen molar-refractivity contribution >= 4 is 13.8 Å². The molecule has 0 aromatic carbocycles.